The third-order valence-corrected chi connectivity index (χ3v) is 5.64. The molecule has 0 aliphatic carbocycles. The Morgan fingerprint density at radius 1 is 1.20 bits per heavy atom. The number of amides is 2. The quantitative estimate of drug-likeness (QED) is 0.545. The minimum Gasteiger partial charge on any atom is -0.361 e. The number of carbonyl (C=O) groups excluding carboxylic acids is 2. The van der Waals surface area contributed by atoms with Crippen LogP contribution in [0.3, 0.4) is 0 Å². The predicted molar refractivity (Wildman–Crippen MR) is 116 cm³/mol. The minimum absolute atomic E-state index is 0.140. The van der Waals surface area contributed by atoms with E-state index in [0.717, 1.165) is 22.6 Å². The Kier molecular flexibility index (Phi) is 6.89. The van der Waals surface area contributed by atoms with Crippen molar-refractivity contribution in [3.8, 4) is 0 Å². The van der Waals surface area contributed by atoms with Gasteiger partial charge in [-0.05, 0) is 50.6 Å². The maximum absolute atomic E-state index is 12.9. The number of nitrogens with zero attached hydrogens (tertiary/aromatic N) is 2. The molecule has 2 aromatic heterocycles. The fourth-order valence-electron chi connectivity index (χ4n) is 2.97. The van der Waals surface area contributed by atoms with Crippen LogP contribution in [0.25, 0.3) is 0 Å². The van der Waals surface area contributed by atoms with Crippen LogP contribution in [0.5, 0.6) is 0 Å². The van der Waals surface area contributed by atoms with Gasteiger partial charge in [-0.25, -0.2) is 4.98 Å². The van der Waals surface area contributed by atoms with Gasteiger partial charge in [0.25, 0.3) is 5.91 Å². The van der Waals surface area contributed by atoms with Crippen LogP contribution < -0.4 is 10.6 Å². The zero-order valence-corrected chi connectivity index (χ0v) is 18.2. The zero-order valence-electron chi connectivity index (χ0n) is 17.4. The van der Waals surface area contributed by atoms with Crippen LogP contribution in [0.1, 0.15) is 52.8 Å². The third-order valence-electron chi connectivity index (χ3n) is 4.60. The van der Waals surface area contributed by atoms with Gasteiger partial charge in [0.2, 0.25) is 5.91 Å². The summed E-state index contributed by atoms with van der Waals surface area (Å²) in [5.74, 6) is 1.04. The summed E-state index contributed by atoms with van der Waals surface area (Å²) in [6.45, 7) is 7.13. The van der Waals surface area contributed by atoms with E-state index < -0.39 is 0 Å². The maximum Gasteiger partial charge on any atom is 0.254 e. The van der Waals surface area contributed by atoms with E-state index in [2.05, 4.69) is 20.8 Å². The average Bonchev–Trinajstić information content (AvgIpc) is 3.03. The van der Waals surface area contributed by atoms with Crippen molar-refractivity contribution in [2.45, 2.75) is 44.5 Å². The molecule has 1 atom stereocenters. The van der Waals surface area contributed by atoms with Crippen LogP contribution in [-0.4, -0.2) is 22.0 Å². The number of rotatable bonds is 7. The van der Waals surface area contributed by atoms with E-state index >= 15 is 0 Å². The molecule has 156 valence electrons. The summed E-state index contributed by atoms with van der Waals surface area (Å²) < 4.78 is 5.21. The predicted octanol–water partition coefficient (Wildman–Crippen LogP) is 4.43. The van der Waals surface area contributed by atoms with Gasteiger partial charge in [-0.1, -0.05) is 17.3 Å². The molecule has 0 saturated carbocycles. The fraction of sp³-hybridized carbons (Fsp3) is 0.273. The van der Waals surface area contributed by atoms with E-state index in [9.17, 15) is 9.59 Å². The van der Waals surface area contributed by atoms with E-state index in [1.807, 2.05) is 45.0 Å². The monoisotopic (exact) mass is 424 g/mol. The Balaban J connectivity index is 1.72. The summed E-state index contributed by atoms with van der Waals surface area (Å²) in [5.41, 5.74) is 3.95. The second-order valence-corrected chi connectivity index (χ2v) is 7.91. The van der Waals surface area contributed by atoms with Crippen LogP contribution in [-0.2, 0) is 10.5 Å². The van der Waals surface area contributed by atoms with Crippen molar-refractivity contribution < 1.29 is 14.1 Å². The van der Waals surface area contributed by atoms with Gasteiger partial charge < -0.3 is 15.2 Å². The van der Waals surface area contributed by atoms with Gasteiger partial charge in [0, 0.05) is 30.1 Å². The van der Waals surface area contributed by atoms with Crippen molar-refractivity contribution in [3.05, 3.63) is 70.7 Å². The molecule has 0 fully saturated rings. The number of pyridine rings is 1. The Bertz CT molecular complexity index is 1040. The van der Waals surface area contributed by atoms with E-state index in [1.54, 1.807) is 18.3 Å². The number of hydrogen-bond donors (Lipinski definition) is 2. The molecule has 8 heteroatoms. The first kappa shape index (κ1) is 21.6. The van der Waals surface area contributed by atoms with Crippen LogP contribution >= 0.6 is 11.8 Å². The number of hydrogen-bond acceptors (Lipinski definition) is 6. The molecule has 0 spiro atoms. The van der Waals surface area contributed by atoms with Gasteiger partial charge in [-0.3, -0.25) is 9.59 Å². The smallest absolute Gasteiger partial charge is 0.254 e. The Hall–Kier alpha value is -3.13. The van der Waals surface area contributed by atoms with Crippen LogP contribution in [0.15, 0.2) is 52.1 Å². The van der Waals surface area contributed by atoms with Crippen molar-refractivity contribution in [2.75, 3.05) is 5.32 Å². The molecule has 0 bridgehead atoms. The highest BCUT2D eigenvalue weighted by Gasteiger charge is 2.18. The molecule has 30 heavy (non-hydrogen) atoms. The molecule has 0 radical (unpaired) electrons. The SMILES string of the molecule is CC(=O)Nc1cccc([C@H](C)NC(=O)c2cccnc2SCc2c(C)noc2C)c1. The molecule has 3 aromatic rings. The van der Waals surface area contributed by atoms with E-state index in [-0.39, 0.29) is 17.9 Å². The number of anilines is 1. The van der Waals surface area contributed by atoms with Crippen LogP contribution in [0.4, 0.5) is 5.69 Å². The van der Waals surface area contributed by atoms with Crippen molar-refractivity contribution >= 4 is 29.3 Å². The molecule has 2 amide bonds. The van der Waals surface area contributed by atoms with Crippen molar-refractivity contribution in [1.82, 2.24) is 15.5 Å². The molecule has 2 N–H and O–H groups in total. The normalized spacial score (nSPS) is 11.7. The molecule has 2 heterocycles. The average molecular weight is 425 g/mol. The summed E-state index contributed by atoms with van der Waals surface area (Å²) in [6, 6.07) is 10.7. The lowest BCUT2D eigenvalue weighted by Crippen LogP contribution is -2.27. The Morgan fingerprint density at radius 3 is 2.70 bits per heavy atom. The minimum atomic E-state index is -0.244. The summed E-state index contributed by atoms with van der Waals surface area (Å²) in [4.78, 5) is 28.6. The van der Waals surface area contributed by atoms with E-state index in [0.29, 0.717) is 22.0 Å². The molecule has 0 unspecified atom stereocenters. The third kappa shape index (κ3) is 5.27. The van der Waals surface area contributed by atoms with E-state index in [4.69, 9.17) is 4.52 Å². The first-order chi connectivity index (χ1) is 14.3. The maximum atomic E-state index is 12.9. The number of thioether (sulfide) groups is 1. The lowest BCUT2D eigenvalue weighted by Gasteiger charge is -2.16. The summed E-state index contributed by atoms with van der Waals surface area (Å²) >= 11 is 1.47. The van der Waals surface area contributed by atoms with Crippen molar-refractivity contribution in [2.24, 2.45) is 0 Å². The first-order valence-corrected chi connectivity index (χ1v) is 10.5. The lowest BCUT2D eigenvalue weighted by molar-refractivity contribution is -0.114. The highest BCUT2D eigenvalue weighted by Crippen LogP contribution is 2.27. The molecular formula is C22H24N4O3S. The van der Waals surface area contributed by atoms with Gasteiger partial charge >= 0.3 is 0 Å². The first-order valence-electron chi connectivity index (χ1n) is 9.53. The lowest BCUT2D eigenvalue weighted by atomic mass is 10.1. The number of nitrogens with one attached hydrogen (secondary N) is 2. The summed E-state index contributed by atoms with van der Waals surface area (Å²) in [7, 11) is 0. The number of benzene rings is 1. The Labute approximate surface area is 179 Å². The molecule has 7 nitrogen and oxygen atoms in total. The van der Waals surface area contributed by atoms with Gasteiger partial charge in [0.05, 0.1) is 17.3 Å². The molecule has 0 aliphatic heterocycles. The highest BCUT2D eigenvalue weighted by atomic mass is 32.2. The highest BCUT2D eigenvalue weighted by molar-refractivity contribution is 7.98. The Morgan fingerprint density at radius 2 is 2.00 bits per heavy atom. The van der Waals surface area contributed by atoms with Crippen molar-refractivity contribution in [1.29, 1.82) is 0 Å². The second-order valence-electron chi connectivity index (χ2n) is 6.95. The van der Waals surface area contributed by atoms with Gasteiger partial charge in [-0.2, -0.15) is 0 Å². The molecule has 0 aliphatic rings. The van der Waals surface area contributed by atoms with E-state index in [1.165, 1.54) is 18.7 Å². The summed E-state index contributed by atoms with van der Waals surface area (Å²) in [5, 5.41) is 10.4. The zero-order chi connectivity index (χ0) is 21.7. The second kappa shape index (κ2) is 9.58. The van der Waals surface area contributed by atoms with Crippen LogP contribution in [0, 0.1) is 13.8 Å². The molecular weight excluding hydrogens is 400 g/mol. The number of aryl methyl sites for hydroxylation is 2. The van der Waals surface area contributed by atoms with Gasteiger partial charge in [-0.15, -0.1) is 11.8 Å². The van der Waals surface area contributed by atoms with Gasteiger partial charge in [0.15, 0.2) is 0 Å². The largest absolute Gasteiger partial charge is 0.361 e. The molecule has 1 aromatic carbocycles. The summed E-state index contributed by atoms with van der Waals surface area (Å²) in [6.07, 6.45) is 1.67. The topological polar surface area (TPSA) is 97.1 Å². The number of carbonyl (C=O) groups is 2. The number of aromatic nitrogens is 2. The van der Waals surface area contributed by atoms with Crippen LogP contribution in [0.2, 0.25) is 0 Å². The molecule has 0 saturated heterocycles. The standard InChI is InChI=1S/C22H24N4O3S/c1-13(17-7-5-8-18(11-17)25-16(4)27)24-21(28)19-9-6-10-23-22(19)30-12-20-14(2)26-29-15(20)3/h5-11,13H,12H2,1-4H3,(H,24,28)(H,25,27)/t13-/m0/s1. The fourth-order valence-corrected chi connectivity index (χ4v) is 4.12. The van der Waals surface area contributed by atoms with Gasteiger partial charge in [0.1, 0.15) is 10.8 Å². The molecule has 3 rings (SSSR count). The van der Waals surface area contributed by atoms with Crippen molar-refractivity contribution in [3.63, 3.8) is 0 Å².